The Morgan fingerprint density at radius 2 is 1.86 bits per heavy atom. The monoisotopic (exact) mass is 399 g/mol. The van der Waals surface area contributed by atoms with Crippen LogP contribution in [0.25, 0.3) is 0 Å². The number of ether oxygens (including phenoxy) is 1. The molecule has 2 atom stereocenters. The molecule has 1 fully saturated rings. The molecule has 2 amide bonds. The van der Waals surface area contributed by atoms with Gasteiger partial charge in [-0.3, -0.25) is 14.9 Å². The fourth-order valence-corrected chi connectivity index (χ4v) is 3.69. The normalized spacial score (nSPS) is 18.8. The van der Waals surface area contributed by atoms with E-state index in [0.717, 1.165) is 5.56 Å². The highest BCUT2D eigenvalue weighted by atomic mass is 32.2. The number of benzene rings is 2. The van der Waals surface area contributed by atoms with Gasteiger partial charge >= 0.3 is 5.97 Å². The molecular formula is C20H21N3O4S. The maximum atomic E-state index is 12.2. The number of thioether (sulfide) groups is 1. The summed E-state index contributed by atoms with van der Waals surface area (Å²) in [5.41, 5.74) is 1.69. The average Bonchev–Trinajstić information content (AvgIpc) is 2.72. The molecule has 146 valence electrons. The van der Waals surface area contributed by atoms with Crippen LogP contribution < -0.4 is 16.0 Å². The Balaban J connectivity index is 1.51. The number of rotatable bonds is 6. The average molecular weight is 399 g/mol. The second kappa shape index (κ2) is 9.38. The minimum atomic E-state index is -0.430. The Bertz CT molecular complexity index is 842. The largest absolute Gasteiger partial charge is 0.465 e. The molecule has 0 bridgehead atoms. The quantitative estimate of drug-likeness (QED) is 0.645. The van der Waals surface area contributed by atoms with E-state index < -0.39 is 5.97 Å². The number of carbonyl (C=O) groups excluding carboxylic acids is 3. The van der Waals surface area contributed by atoms with E-state index in [1.807, 2.05) is 30.3 Å². The van der Waals surface area contributed by atoms with Crippen LogP contribution in [-0.4, -0.2) is 36.1 Å². The van der Waals surface area contributed by atoms with Crippen LogP contribution in [0.3, 0.4) is 0 Å². The predicted octanol–water partition coefficient (Wildman–Crippen LogP) is 2.28. The first kappa shape index (κ1) is 19.9. The zero-order chi connectivity index (χ0) is 19.9. The molecule has 2 aromatic carbocycles. The van der Waals surface area contributed by atoms with E-state index in [4.69, 9.17) is 0 Å². The maximum Gasteiger partial charge on any atom is 0.337 e. The standard InChI is InChI=1S/C20H21N3O4S/c1-27-19(26)14-7-9-15(10-8-14)21-18(25)12-28-20-22-16(11-17(24)23-20)13-5-3-2-4-6-13/h2-10,16,20,22H,11-12H2,1H3,(H,21,25)(H,23,24). The molecule has 0 radical (unpaired) electrons. The lowest BCUT2D eigenvalue weighted by molar-refractivity contribution is -0.123. The topological polar surface area (TPSA) is 96.5 Å². The van der Waals surface area contributed by atoms with Crippen molar-refractivity contribution in [1.82, 2.24) is 10.6 Å². The molecule has 28 heavy (non-hydrogen) atoms. The number of carbonyl (C=O) groups is 3. The van der Waals surface area contributed by atoms with Crippen molar-refractivity contribution < 1.29 is 19.1 Å². The number of nitrogens with one attached hydrogen (secondary N) is 3. The van der Waals surface area contributed by atoms with E-state index in [2.05, 4.69) is 20.7 Å². The van der Waals surface area contributed by atoms with Gasteiger partial charge in [-0.2, -0.15) is 0 Å². The van der Waals surface area contributed by atoms with Crippen LogP contribution in [0.4, 0.5) is 5.69 Å². The zero-order valence-corrected chi connectivity index (χ0v) is 16.1. The highest BCUT2D eigenvalue weighted by molar-refractivity contribution is 8.00. The van der Waals surface area contributed by atoms with Gasteiger partial charge in [-0.15, -0.1) is 11.8 Å². The van der Waals surface area contributed by atoms with Gasteiger partial charge in [-0.25, -0.2) is 4.79 Å². The van der Waals surface area contributed by atoms with E-state index in [0.29, 0.717) is 17.7 Å². The number of hydrogen-bond acceptors (Lipinski definition) is 6. The Morgan fingerprint density at radius 3 is 2.54 bits per heavy atom. The fourth-order valence-electron chi connectivity index (χ4n) is 2.83. The number of amides is 2. The minimum Gasteiger partial charge on any atom is -0.465 e. The molecule has 0 aromatic heterocycles. The van der Waals surface area contributed by atoms with Gasteiger partial charge in [0.25, 0.3) is 0 Å². The van der Waals surface area contributed by atoms with E-state index in [9.17, 15) is 14.4 Å². The molecule has 1 saturated heterocycles. The lowest BCUT2D eigenvalue weighted by atomic mass is 10.0. The molecule has 1 heterocycles. The Kier molecular flexibility index (Phi) is 6.67. The van der Waals surface area contributed by atoms with E-state index in [-0.39, 0.29) is 29.1 Å². The molecule has 1 aliphatic rings. The summed E-state index contributed by atoms with van der Waals surface area (Å²) in [6, 6.07) is 16.1. The summed E-state index contributed by atoms with van der Waals surface area (Å²) in [5.74, 6) is -0.517. The minimum absolute atomic E-state index is 0.0519. The van der Waals surface area contributed by atoms with Crippen LogP contribution in [0, 0.1) is 0 Å². The molecule has 8 heteroatoms. The van der Waals surface area contributed by atoms with Gasteiger partial charge in [0, 0.05) is 18.2 Å². The summed E-state index contributed by atoms with van der Waals surface area (Å²) in [6.07, 6.45) is 0.361. The number of hydrogen-bond donors (Lipinski definition) is 3. The molecule has 2 unspecified atom stereocenters. The molecule has 0 spiro atoms. The van der Waals surface area contributed by atoms with Crippen LogP contribution in [0.15, 0.2) is 54.6 Å². The number of anilines is 1. The second-order valence-corrected chi connectivity index (χ2v) is 7.30. The SMILES string of the molecule is COC(=O)c1ccc(NC(=O)CSC2NC(=O)CC(c3ccccc3)N2)cc1. The van der Waals surface area contributed by atoms with Gasteiger partial charge in [-0.05, 0) is 29.8 Å². The third-order valence-corrected chi connectivity index (χ3v) is 5.22. The summed E-state index contributed by atoms with van der Waals surface area (Å²) in [7, 11) is 1.32. The lowest BCUT2D eigenvalue weighted by Gasteiger charge is -2.31. The first-order valence-corrected chi connectivity index (χ1v) is 9.80. The van der Waals surface area contributed by atoms with Crippen LogP contribution in [-0.2, 0) is 14.3 Å². The molecule has 3 N–H and O–H groups in total. The van der Waals surface area contributed by atoms with Gasteiger partial charge in [0.1, 0.15) is 5.50 Å². The van der Waals surface area contributed by atoms with Crippen molar-refractivity contribution in [3.63, 3.8) is 0 Å². The Morgan fingerprint density at radius 1 is 1.14 bits per heavy atom. The van der Waals surface area contributed by atoms with Crippen molar-refractivity contribution in [3.8, 4) is 0 Å². The summed E-state index contributed by atoms with van der Waals surface area (Å²) < 4.78 is 4.64. The van der Waals surface area contributed by atoms with Crippen LogP contribution in [0.2, 0.25) is 0 Å². The molecule has 3 rings (SSSR count). The number of methoxy groups -OCH3 is 1. The summed E-state index contributed by atoms with van der Waals surface area (Å²) in [6.45, 7) is 0. The van der Waals surface area contributed by atoms with E-state index >= 15 is 0 Å². The summed E-state index contributed by atoms with van der Waals surface area (Å²) in [4.78, 5) is 35.6. The van der Waals surface area contributed by atoms with Crippen molar-refractivity contribution in [3.05, 3.63) is 65.7 Å². The zero-order valence-electron chi connectivity index (χ0n) is 15.3. The van der Waals surface area contributed by atoms with Gasteiger partial charge in [0.2, 0.25) is 11.8 Å². The summed E-state index contributed by atoms with van der Waals surface area (Å²) in [5, 5.41) is 8.96. The van der Waals surface area contributed by atoms with Crippen molar-refractivity contribution in [2.45, 2.75) is 18.0 Å². The fraction of sp³-hybridized carbons (Fsp3) is 0.250. The van der Waals surface area contributed by atoms with Crippen molar-refractivity contribution in [2.24, 2.45) is 0 Å². The van der Waals surface area contributed by atoms with Gasteiger partial charge < -0.3 is 15.4 Å². The molecule has 7 nitrogen and oxygen atoms in total. The highest BCUT2D eigenvalue weighted by Gasteiger charge is 2.27. The second-order valence-electron chi connectivity index (χ2n) is 6.21. The Hall–Kier alpha value is -2.84. The lowest BCUT2D eigenvalue weighted by Crippen LogP contribution is -2.51. The molecule has 1 aliphatic heterocycles. The molecule has 0 aliphatic carbocycles. The van der Waals surface area contributed by atoms with Crippen LogP contribution in [0.1, 0.15) is 28.4 Å². The van der Waals surface area contributed by atoms with E-state index in [1.165, 1.54) is 18.9 Å². The molecular weight excluding hydrogens is 378 g/mol. The third kappa shape index (κ3) is 5.34. The molecule has 0 saturated carbocycles. The van der Waals surface area contributed by atoms with Crippen LogP contribution >= 0.6 is 11.8 Å². The van der Waals surface area contributed by atoms with Crippen molar-refractivity contribution in [2.75, 3.05) is 18.2 Å². The van der Waals surface area contributed by atoms with Gasteiger partial charge in [0.15, 0.2) is 0 Å². The van der Waals surface area contributed by atoms with Crippen molar-refractivity contribution >= 4 is 35.2 Å². The highest BCUT2D eigenvalue weighted by Crippen LogP contribution is 2.23. The number of esters is 1. The van der Waals surface area contributed by atoms with Gasteiger partial charge in [0.05, 0.1) is 18.4 Å². The first-order valence-electron chi connectivity index (χ1n) is 8.75. The van der Waals surface area contributed by atoms with Crippen LogP contribution in [0.5, 0.6) is 0 Å². The maximum absolute atomic E-state index is 12.2. The first-order chi connectivity index (χ1) is 13.5. The summed E-state index contributed by atoms with van der Waals surface area (Å²) >= 11 is 1.31. The smallest absolute Gasteiger partial charge is 0.337 e. The predicted molar refractivity (Wildman–Crippen MR) is 108 cm³/mol. The van der Waals surface area contributed by atoms with Crippen molar-refractivity contribution in [1.29, 1.82) is 0 Å². The molecule has 2 aromatic rings. The van der Waals surface area contributed by atoms with E-state index in [1.54, 1.807) is 24.3 Å². The van der Waals surface area contributed by atoms with Gasteiger partial charge in [-0.1, -0.05) is 30.3 Å². The third-order valence-electron chi connectivity index (χ3n) is 4.21. The Labute approximate surface area is 167 Å².